The van der Waals surface area contributed by atoms with Crippen LogP contribution < -0.4 is 5.32 Å². The van der Waals surface area contributed by atoms with Crippen LogP contribution in [-0.2, 0) is 6.42 Å². The van der Waals surface area contributed by atoms with Gasteiger partial charge in [0.05, 0.1) is 0 Å². The van der Waals surface area contributed by atoms with E-state index in [1.807, 2.05) is 12.1 Å². The summed E-state index contributed by atoms with van der Waals surface area (Å²) in [5.74, 6) is 0.253. The summed E-state index contributed by atoms with van der Waals surface area (Å²) in [5.41, 5.74) is 2.39. The van der Waals surface area contributed by atoms with Gasteiger partial charge in [0.1, 0.15) is 5.82 Å². The minimum Gasteiger partial charge on any atom is -0.313 e. The third-order valence-electron chi connectivity index (χ3n) is 3.87. The molecule has 0 bridgehead atoms. The summed E-state index contributed by atoms with van der Waals surface area (Å²) in [7, 11) is 0. The first kappa shape index (κ1) is 13.3. The smallest absolute Gasteiger partial charge is 0.123 e. The highest BCUT2D eigenvalue weighted by Gasteiger charge is 2.22. The third-order valence-corrected chi connectivity index (χ3v) is 3.87. The van der Waals surface area contributed by atoms with Gasteiger partial charge in [-0.3, -0.25) is 0 Å². The van der Waals surface area contributed by atoms with Crippen molar-refractivity contribution in [1.82, 2.24) is 5.32 Å². The summed E-state index contributed by atoms with van der Waals surface area (Å²) >= 11 is 0. The number of benzene rings is 2. The van der Waals surface area contributed by atoms with Crippen molar-refractivity contribution in [3.05, 3.63) is 71.5 Å². The van der Waals surface area contributed by atoms with Gasteiger partial charge in [0.2, 0.25) is 0 Å². The van der Waals surface area contributed by atoms with Crippen molar-refractivity contribution < 1.29 is 4.39 Å². The summed E-state index contributed by atoms with van der Waals surface area (Å²) in [5, 5.41) is 3.60. The Hall–Kier alpha value is -1.67. The first-order chi connectivity index (χ1) is 9.81. The lowest BCUT2D eigenvalue weighted by atomic mass is 9.92. The average Bonchev–Trinajstić information content (AvgIpc) is 3.29. The zero-order valence-corrected chi connectivity index (χ0v) is 11.6. The minimum atomic E-state index is -0.149. The van der Waals surface area contributed by atoms with Gasteiger partial charge >= 0.3 is 0 Å². The molecule has 1 fully saturated rings. The quantitative estimate of drug-likeness (QED) is 0.838. The first-order valence-corrected chi connectivity index (χ1v) is 7.34. The molecule has 0 radical (unpaired) electrons. The van der Waals surface area contributed by atoms with Crippen LogP contribution in [0.2, 0.25) is 0 Å². The van der Waals surface area contributed by atoms with Crippen molar-refractivity contribution in [3.63, 3.8) is 0 Å². The molecule has 2 aromatic carbocycles. The maximum absolute atomic E-state index is 13.3. The SMILES string of the molecule is Fc1cccc(CC(CNC2CC2)c2ccccc2)c1. The Morgan fingerprint density at radius 3 is 2.55 bits per heavy atom. The van der Waals surface area contributed by atoms with E-state index in [2.05, 4.69) is 29.6 Å². The summed E-state index contributed by atoms with van der Waals surface area (Å²) in [6.07, 6.45) is 3.46. The molecule has 1 aliphatic rings. The molecule has 2 aromatic rings. The molecular formula is C18H20FN. The fourth-order valence-corrected chi connectivity index (χ4v) is 2.58. The van der Waals surface area contributed by atoms with Crippen molar-refractivity contribution in [1.29, 1.82) is 0 Å². The standard InChI is InChI=1S/C18H20FN/c19-17-8-4-5-14(12-17)11-16(13-20-18-9-10-18)15-6-2-1-3-7-15/h1-8,12,16,18,20H,9-11,13H2. The van der Waals surface area contributed by atoms with E-state index in [1.165, 1.54) is 24.5 Å². The molecule has 1 atom stereocenters. The Bertz CT molecular complexity index is 548. The van der Waals surface area contributed by atoms with Crippen LogP contribution in [0.25, 0.3) is 0 Å². The van der Waals surface area contributed by atoms with E-state index in [1.54, 1.807) is 12.1 Å². The van der Waals surface area contributed by atoms with Crippen LogP contribution in [0.5, 0.6) is 0 Å². The molecule has 20 heavy (non-hydrogen) atoms. The maximum Gasteiger partial charge on any atom is 0.123 e. The topological polar surface area (TPSA) is 12.0 Å². The molecule has 0 spiro atoms. The number of hydrogen-bond donors (Lipinski definition) is 1. The zero-order chi connectivity index (χ0) is 13.8. The predicted molar refractivity (Wildman–Crippen MR) is 80.3 cm³/mol. The van der Waals surface area contributed by atoms with E-state index in [0.29, 0.717) is 12.0 Å². The van der Waals surface area contributed by atoms with E-state index < -0.39 is 0 Å². The highest BCUT2D eigenvalue weighted by atomic mass is 19.1. The second kappa shape index (κ2) is 6.19. The highest BCUT2D eigenvalue weighted by Crippen LogP contribution is 2.24. The van der Waals surface area contributed by atoms with Gasteiger partial charge in [-0.25, -0.2) is 4.39 Å². The molecule has 0 saturated heterocycles. The molecule has 3 rings (SSSR count). The van der Waals surface area contributed by atoms with Crippen LogP contribution in [0.4, 0.5) is 4.39 Å². The Morgan fingerprint density at radius 2 is 1.85 bits per heavy atom. The van der Waals surface area contributed by atoms with Crippen LogP contribution in [0.1, 0.15) is 29.9 Å². The molecule has 104 valence electrons. The zero-order valence-electron chi connectivity index (χ0n) is 11.6. The number of nitrogens with one attached hydrogen (secondary N) is 1. The van der Waals surface area contributed by atoms with Gasteiger partial charge in [0.15, 0.2) is 0 Å². The molecule has 0 amide bonds. The van der Waals surface area contributed by atoms with E-state index in [0.717, 1.165) is 18.5 Å². The second-order valence-electron chi connectivity index (χ2n) is 5.62. The van der Waals surface area contributed by atoms with Crippen molar-refractivity contribution in [2.24, 2.45) is 0 Å². The minimum absolute atomic E-state index is 0.149. The lowest BCUT2D eigenvalue weighted by Gasteiger charge is -2.18. The Balaban J connectivity index is 1.73. The highest BCUT2D eigenvalue weighted by molar-refractivity contribution is 5.25. The summed E-state index contributed by atoms with van der Waals surface area (Å²) in [4.78, 5) is 0. The monoisotopic (exact) mass is 269 g/mol. The number of hydrogen-bond acceptors (Lipinski definition) is 1. The van der Waals surface area contributed by atoms with Crippen molar-refractivity contribution in [2.75, 3.05) is 6.54 Å². The maximum atomic E-state index is 13.3. The van der Waals surface area contributed by atoms with Gasteiger partial charge in [-0.15, -0.1) is 0 Å². The lowest BCUT2D eigenvalue weighted by Crippen LogP contribution is -2.24. The van der Waals surface area contributed by atoms with Gasteiger partial charge in [-0.1, -0.05) is 42.5 Å². The molecule has 1 saturated carbocycles. The van der Waals surface area contributed by atoms with Crippen LogP contribution in [0, 0.1) is 5.82 Å². The molecule has 0 aromatic heterocycles. The predicted octanol–water partition coefficient (Wildman–Crippen LogP) is 3.90. The third kappa shape index (κ3) is 3.67. The number of halogens is 1. The fraction of sp³-hybridized carbons (Fsp3) is 0.333. The fourth-order valence-electron chi connectivity index (χ4n) is 2.58. The Labute approximate surface area is 119 Å². The van der Waals surface area contributed by atoms with E-state index in [-0.39, 0.29) is 5.82 Å². The van der Waals surface area contributed by atoms with E-state index in [9.17, 15) is 4.39 Å². The van der Waals surface area contributed by atoms with Crippen molar-refractivity contribution >= 4 is 0 Å². The van der Waals surface area contributed by atoms with Crippen LogP contribution in [0.3, 0.4) is 0 Å². The average molecular weight is 269 g/mol. The van der Waals surface area contributed by atoms with Gasteiger partial charge in [-0.2, -0.15) is 0 Å². The Morgan fingerprint density at radius 1 is 1.05 bits per heavy atom. The number of rotatable bonds is 6. The van der Waals surface area contributed by atoms with Crippen molar-refractivity contribution in [3.8, 4) is 0 Å². The lowest BCUT2D eigenvalue weighted by molar-refractivity contribution is 0.573. The summed E-state index contributed by atoms with van der Waals surface area (Å²) in [6.45, 7) is 0.963. The van der Waals surface area contributed by atoms with Crippen LogP contribution >= 0.6 is 0 Å². The molecule has 1 N–H and O–H groups in total. The molecule has 0 aliphatic heterocycles. The largest absolute Gasteiger partial charge is 0.313 e. The van der Waals surface area contributed by atoms with E-state index >= 15 is 0 Å². The van der Waals surface area contributed by atoms with Gasteiger partial charge in [-0.05, 0) is 42.5 Å². The van der Waals surface area contributed by atoms with Crippen LogP contribution in [-0.4, -0.2) is 12.6 Å². The molecule has 1 aliphatic carbocycles. The summed E-state index contributed by atoms with van der Waals surface area (Å²) < 4.78 is 13.3. The van der Waals surface area contributed by atoms with Gasteiger partial charge in [0.25, 0.3) is 0 Å². The van der Waals surface area contributed by atoms with Gasteiger partial charge < -0.3 is 5.32 Å². The normalized spacial score (nSPS) is 16.1. The van der Waals surface area contributed by atoms with Crippen LogP contribution in [0.15, 0.2) is 54.6 Å². The Kier molecular flexibility index (Phi) is 4.12. The molecular weight excluding hydrogens is 249 g/mol. The molecule has 1 unspecified atom stereocenters. The molecule has 2 heteroatoms. The van der Waals surface area contributed by atoms with E-state index in [4.69, 9.17) is 0 Å². The molecule has 1 nitrogen and oxygen atoms in total. The van der Waals surface area contributed by atoms with Crippen molar-refractivity contribution in [2.45, 2.75) is 31.2 Å². The second-order valence-corrected chi connectivity index (χ2v) is 5.62. The first-order valence-electron chi connectivity index (χ1n) is 7.34. The molecule has 0 heterocycles. The summed E-state index contributed by atoms with van der Waals surface area (Å²) in [6, 6.07) is 18.2. The van der Waals surface area contributed by atoms with Gasteiger partial charge in [0, 0.05) is 18.5 Å².